The summed E-state index contributed by atoms with van der Waals surface area (Å²) in [5.41, 5.74) is 2.86. The maximum Gasteiger partial charge on any atom is 0.106 e. The SMILES string of the molecule is CCCNC(Cn1c(C)nc2c1CCCC2)C1CCOC1. The minimum atomic E-state index is 0.520. The first kappa shape index (κ1) is 15.0. The molecule has 1 saturated heterocycles. The van der Waals surface area contributed by atoms with Crippen molar-refractivity contribution in [3.8, 4) is 0 Å². The third-order valence-electron chi connectivity index (χ3n) is 4.99. The molecular weight excluding hydrogens is 262 g/mol. The van der Waals surface area contributed by atoms with E-state index in [2.05, 4.69) is 23.7 Å². The number of nitrogens with one attached hydrogen (secondary N) is 1. The molecule has 21 heavy (non-hydrogen) atoms. The third-order valence-corrected chi connectivity index (χ3v) is 4.99. The van der Waals surface area contributed by atoms with Crippen LogP contribution < -0.4 is 5.32 Å². The van der Waals surface area contributed by atoms with Crippen molar-refractivity contribution in [1.82, 2.24) is 14.9 Å². The first-order valence-corrected chi connectivity index (χ1v) is 8.65. The van der Waals surface area contributed by atoms with E-state index in [-0.39, 0.29) is 0 Å². The van der Waals surface area contributed by atoms with Gasteiger partial charge in [0.1, 0.15) is 5.82 Å². The summed E-state index contributed by atoms with van der Waals surface area (Å²) in [4.78, 5) is 4.82. The monoisotopic (exact) mass is 291 g/mol. The highest BCUT2D eigenvalue weighted by Gasteiger charge is 2.27. The highest BCUT2D eigenvalue weighted by molar-refractivity contribution is 5.20. The normalized spacial score (nSPS) is 23.2. The van der Waals surface area contributed by atoms with Gasteiger partial charge in [0, 0.05) is 30.8 Å². The fourth-order valence-corrected chi connectivity index (χ4v) is 3.75. The Kier molecular flexibility index (Phi) is 4.96. The van der Waals surface area contributed by atoms with Crippen LogP contribution >= 0.6 is 0 Å². The van der Waals surface area contributed by atoms with Crippen molar-refractivity contribution < 1.29 is 4.74 Å². The van der Waals surface area contributed by atoms with Gasteiger partial charge < -0.3 is 14.6 Å². The molecule has 0 radical (unpaired) electrons. The van der Waals surface area contributed by atoms with E-state index in [0.717, 1.165) is 26.3 Å². The number of hydrogen-bond acceptors (Lipinski definition) is 3. The van der Waals surface area contributed by atoms with Gasteiger partial charge in [0.15, 0.2) is 0 Å². The summed E-state index contributed by atoms with van der Waals surface area (Å²) in [6.07, 6.45) is 7.37. The van der Waals surface area contributed by atoms with E-state index in [1.807, 2.05) is 0 Å². The van der Waals surface area contributed by atoms with Crippen LogP contribution in [0.1, 0.15) is 49.8 Å². The molecule has 0 bridgehead atoms. The fraction of sp³-hybridized carbons (Fsp3) is 0.824. The average molecular weight is 291 g/mol. The molecule has 2 heterocycles. The second-order valence-corrected chi connectivity index (χ2v) is 6.55. The second-order valence-electron chi connectivity index (χ2n) is 6.55. The van der Waals surface area contributed by atoms with Gasteiger partial charge >= 0.3 is 0 Å². The van der Waals surface area contributed by atoms with Gasteiger partial charge in [-0.25, -0.2) is 4.98 Å². The summed E-state index contributed by atoms with van der Waals surface area (Å²) >= 11 is 0. The fourth-order valence-electron chi connectivity index (χ4n) is 3.75. The molecule has 3 rings (SSSR count). The molecule has 1 N–H and O–H groups in total. The van der Waals surface area contributed by atoms with Crippen LogP contribution in [0.15, 0.2) is 0 Å². The Balaban J connectivity index is 1.76. The van der Waals surface area contributed by atoms with Crippen molar-refractivity contribution in [3.05, 3.63) is 17.2 Å². The first-order chi connectivity index (χ1) is 10.3. The van der Waals surface area contributed by atoms with E-state index in [0.29, 0.717) is 12.0 Å². The molecule has 2 aliphatic rings. The van der Waals surface area contributed by atoms with Crippen LogP contribution in [-0.4, -0.2) is 35.4 Å². The predicted molar refractivity (Wildman–Crippen MR) is 84.6 cm³/mol. The molecule has 1 aliphatic carbocycles. The molecule has 1 fully saturated rings. The maximum absolute atomic E-state index is 5.62. The molecule has 1 aliphatic heterocycles. The van der Waals surface area contributed by atoms with Crippen molar-refractivity contribution in [2.24, 2.45) is 5.92 Å². The largest absolute Gasteiger partial charge is 0.381 e. The lowest BCUT2D eigenvalue weighted by Crippen LogP contribution is -2.41. The summed E-state index contributed by atoms with van der Waals surface area (Å²) in [7, 11) is 0. The number of imidazole rings is 1. The van der Waals surface area contributed by atoms with E-state index >= 15 is 0 Å². The minimum absolute atomic E-state index is 0.520. The van der Waals surface area contributed by atoms with E-state index in [1.54, 1.807) is 0 Å². The zero-order valence-corrected chi connectivity index (χ0v) is 13.5. The summed E-state index contributed by atoms with van der Waals surface area (Å²) in [5.74, 6) is 1.85. The Hall–Kier alpha value is -0.870. The Morgan fingerprint density at radius 1 is 1.38 bits per heavy atom. The van der Waals surface area contributed by atoms with Crippen LogP contribution in [0.2, 0.25) is 0 Å². The van der Waals surface area contributed by atoms with Crippen molar-refractivity contribution in [2.45, 2.75) is 65.0 Å². The van der Waals surface area contributed by atoms with Gasteiger partial charge in [-0.3, -0.25) is 0 Å². The second kappa shape index (κ2) is 6.93. The first-order valence-electron chi connectivity index (χ1n) is 8.65. The molecule has 0 aromatic carbocycles. The number of aromatic nitrogens is 2. The van der Waals surface area contributed by atoms with Crippen LogP contribution in [0.4, 0.5) is 0 Å². The summed E-state index contributed by atoms with van der Waals surface area (Å²) in [6, 6.07) is 0.520. The van der Waals surface area contributed by atoms with E-state index in [1.165, 1.54) is 55.7 Å². The number of hydrogen-bond donors (Lipinski definition) is 1. The van der Waals surface area contributed by atoms with Gasteiger partial charge in [0.05, 0.1) is 12.3 Å². The molecular formula is C17H29N3O. The van der Waals surface area contributed by atoms with Crippen LogP contribution in [0.25, 0.3) is 0 Å². The smallest absolute Gasteiger partial charge is 0.106 e. The lowest BCUT2D eigenvalue weighted by atomic mass is 9.97. The van der Waals surface area contributed by atoms with Crippen molar-refractivity contribution in [1.29, 1.82) is 0 Å². The van der Waals surface area contributed by atoms with Gasteiger partial charge in [0.25, 0.3) is 0 Å². The topological polar surface area (TPSA) is 39.1 Å². The summed E-state index contributed by atoms with van der Waals surface area (Å²) in [5, 5.41) is 3.76. The number of fused-ring (bicyclic) bond motifs is 1. The molecule has 0 spiro atoms. The molecule has 4 nitrogen and oxygen atoms in total. The number of aryl methyl sites for hydroxylation is 2. The molecule has 118 valence electrons. The molecule has 2 atom stereocenters. The van der Waals surface area contributed by atoms with Gasteiger partial charge in [-0.2, -0.15) is 0 Å². The zero-order valence-electron chi connectivity index (χ0n) is 13.5. The van der Waals surface area contributed by atoms with Crippen LogP contribution in [0.3, 0.4) is 0 Å². The van der Waals surface area contributed by atoms with E-state index in [4.69, 9.17) is 9.72 Å². The quantitative estimate of drug-likeness (QED) is 0.875. The van der Waals surface area contributed by atoms with Crippen LogP contribution in [0, 0.1) is 12.8 Å². The third kappa shape index (κ3) is 3.32. The summed E-state index contributed by atoms with van der Waals surface area (Å²) in [6.45, 7) is 8.40. The predicted octanol–water partition coefficient (Wildman–Crippen LogP) is 2.48. The van der Waals surface area contributed by atoms with Crippen molar-refractivity contribution in [2.75, 3.05) is 19.8 Å². The number of nitrogens with zero attached hydrogens (tertiary/aromatic N) is 2. The van der Waals surface area contributed by atoms with Gasteiger partial charge in [-0.1, -0.05) is 6.92 Å². The van der Waals surface area contributed by atoms with Crippen LogP contribution in [0.5, 0.6) is 0 Å². The Labute approximate surface area is 128 Å². The van der Waals surface area contributed by atoms with Crippen molar-refractivity contribution in [3.63, 3.8) is 0 Å². The maximum atomic E-state index is 5.62. The standard InChI is InChI=1S/C17H29N3O/c1-3-9-18-16(14-8-10-21-12-14)11-20-13(2)19-15-6-4-5-7-17(15)20/h14,16,18H,3-12H2,1-2H3. The van der Waals surface area contributed by atoms with Crippen molar-refractivity contribution >= 4 is 0 Å². The van der Waals surface area contributed by atoms with Gasteiger partial charge in [0.2, 0.25) is 0 Å². The van der Waals surface area contributed by atoms with E-state index < -0.39 is 0 Å². The highest BCUT2D eigenvalue weighted by Crippen LogP contribution is 2.24. The molecule has 4 heteroatoms. The van der Waals surface area contributed by atoms with Crippen LogP contribution in [-0.2, 0) is 24.1 Å². The zero-order chi connectivity index (χ0) is 14.7. The molecule has 1 aromatic rings. The Morgan fingerprint density at radius 2 is 2.24 bits per heavy atom. The number of rotatable bonds is 6. The molecule has 0 amide bonds. The number of ether oxygens (including phenoxy) is 1. The van der Waals surface area contributed by atoms with Gasteiger partial charge in [-0.15, -0.1) is 0 Å². The van der Waals surface area contributed by atoms with E-state index in [9.17, 15) is 0 Å². The van der Waals surface area contributed by atoms with Gasteiger partial charge in [-0.05, 0) is 52.0 Å². The summed E-state index contributed by atoms with van der Waals surface area (Å²) < 4.78 is 8.10. The molecule has 2 unspecified atom stereocenters. The lowest BCUT2D eigenvalue weighted by Gasteiger charge is -2.26. The lowest BCUT2D eigenvalue weighted by molar-refractivity contribution is 0.173. The minimum Gasteiger partial charge on any atom is -0.381 e. The highest BCUT2D eigenvalue weighted by atomic mass is 16.5. The Bertz CT molecular complexity index is 463. The Morgan fingerprint density at radius 3 is 3.00 bits per heavy atom. The molecule has 0 saturated carbocycles. The molecule has 1 aromatic heterocycles. The average Bonchev–Trinajstić information content (AvgIpc) is 3.11.